The highest BCUT2D eigenvalue weighted by Crippen LogP contribution is 2.25. The minimum Gasteiger partial charge on any atom is -0.208 e. The van der Waals surface area contributed by atoms with Crippen molar-refractivity contribution in [2.45, 2.75) is 0 Å². The molecule has 1 aromatic heterocycles. The van der Waals surface area contributed by atoms with Gasteiger partial charge in [-0.15, -0.1) is 0 Å². The summed E-state index contributed by atoms with van der Waals surface area (Å²) in [4.78, 5) is 4.13. The van der Waals surface area contributed by atoms with Crippen LogP contribution in [0.15, 0.2) is 26.6 Å². The Kier molecular flexibility index (Phi) is 2.94. The molecule has 0 bridgehead atoms. The number of hydrogen-bond acceptors (Lipinski definition) is 3. The summed E-state index contributed by atoms with van der Waals surface area (Å²) in [5, 5.41) is 0. The summed E-state index contributed by atoms with van der Waals surface area (Å²) in [7, 11) is 0. The summed E-state index contributed by atoms with van der Waals surface area (Å²) in [5.41, 5.74) is 0.792. The Balaban J connectivity index is 2.47. The van der Waals surface area contributed by atoms with Crippen LogP contribution in [0.25, 0.3) is 11.4 Å². The smallest absolute Gasteiger partial charge is 0.179 e. The quantitative estimate of drug-likeness (QED) is 0.789. The number of halogens is 3. The van der Waals surface area contributed by atoms with Gasteiger partial charge in [0.2, 0.25) is 0 Å². The monoisotopic (exact) mass is 336 g/mol. The van der Waals surface area contributed by atoms with Gasteiger partial charge in [0.15, 0.2) is 9.74 Å². The summed E-state index contributed by atoms with van der Waals surface area (Å²) in [5.74, 6) is 0.311. The maximum Gasteiger partial charge on any atom is 0.179 e. The van der Waals surface area contributed by atoms with Crippen LogP contribution in [0.1, 0.15) is 0 Å². The zero-order valence-electron chi connectivity index (χ0n) is 6.67. The summed E-state index contributed by atoms with van der Waals surface area (Å²) in [6.45, 7) is 0. The van der Waals surface area contributed by atoms with Crippen molar-refractivity contribution >= 4 is 43.4 Å². The van der Waals surface area contributed by atoms with Crippen LogP contribution in [0.5, 0.6) is 0 Å². The van der Waals surface area contributed by atoms with Crippen LogP contribution in [-0.2, 0) is 0 Å². The Morgan fingerprint density at radius 2 is 2.07 bits per heavy atom. The SMILES string of the molecule is Fc1ccc(-c2nsc(Br)n2)cc1Br. The first-order chi connectivity index (χ1) is 6.66. The molecule has 14 heavy (non-hydrogen) atoms. The Morgan fingerprint density at radius 3 is 2.64 bits per heavy atom. The second-order valence-electron chi connectivity index (χ2n) is 2.50. The van der Waals surface area contributed by atoms with E-state index in [0.717, 1.165) is 5.56 Å². The van der Waals surface area contributed by atoms with Crippen LogP contribution < -0.4 is 0 Å². The molecule has 1 heterocycles. The predicted octanol–water partition coefficient (Wildman–Crippen LogP) is 3.87. The normalized spacial score (nSPS) is 10.5. The Labute approximate surface area is 101 Å². The van der Waals surface area contributed by atoms with Gasteiger partial charge in [-0.05, 0) is 61.6 Å². The molecule has 6 heteroatoms. The lowest BCUT2D eigenvalue weighted by molar-refractivity contribution is 0.621. The van der Waals surface area contributed by atoms with Gasteiger partial charge in [-0.1, -0.05) is 0 Å². The van der Waals surface area contributed by atoms with Crippen LogP contribution in [0, 0.1) is 5.82 Å². The molecule has 0 aliphatic heterocycles. The van der Waals surface area contributed by atoms with Gasteiger partial charge in [-0.3, -0.25) is 0 Å². The molecule has 0 saturated heterocycles. The fourth-order valence-corrected chi connectivity index (χ4v) is 2.16. The van der Waals surface area contributed by atoms with Crippen molar-refractivity contribution in [3.8, 4) is 11.4 Å². The van der Waals surface area contributed by atoms with Crippen LogP contribution in [0.3, 0.4) is 0 Å². The van der Waals surface area contributed by atoms with Gasteiger partial charge < -0.3 is 0 Å². The third kappa shape index (κ3) is 2.02. The highest BCUT2D eigenvalue weighted by Gasteiger charge is 2.07. The van der Waals surface area contributed by atoms with Crippen molar-refractivity contribution in [2.75, 3.05) is 0 Å². The van der Waals surface area contributed by atoms with Gasteiger partial charge in [-0.25, -0.2) is 9.37 Å². The Morgan fingerprint density at radius 1 is 1.29 bits per heavy atom. The van der Waals surface area contributed by atoms with Gasteiger partial charge in [0.25, 0.3) is 0 Å². The molecule has 1 aromatic carbocycles. The Bertz CT molecular complexity index is 472. The first kappa shape index (κ1) is 10.2. The van der Waals surface area contributed by atoms with Crippen LogP contribution in [-0.4, -0.2) is 9.36 Å². The zero-order chi connectivity index (χ0) is 10.1. The highest BCUT2D eigenvalue weighted by atomic mass is 79.9. The molecule has 0 amide bonds. The van der Waals surface area contributed by atoms with E-state index in [1.54, 1.807) is 12.1 Å². The van der Waals surface area contributed by atoms with E-state index in [1.807, 2.05) is 0 Å². The van der Waals surface area contributed by atoms with Crippen molar-refractivity contribution in [1.29, 1.82) is 0 Å². The topological polar surface area (TPSA) is 25.8 Å². The van der Waals surface area contributed by atoms with Crippen molar-refractivity contribution in [1.82, 2.24) is 9.36 Å². The lowest BCUT2D eigenvalue weighted by Gasteiger charge is -1.97. The second kappa shape index (κ2) is 4.04. The largest absolute Gasteiger partial charge is 0.208 e. The molecule has 0 atom stereocenters. The molecular weight excluding hydrogens is 335 g/mol. The average Bonchev–Trinajstić information content (AvgIpc) is 2.57. The highest BCUT2D eigenvalue weighted by molar-refractivity contribution is 9.11. The Hall–Kier alpha value is -0.330. The van der Waals surface area contributed by atoms with E-state index in [-0.39, 0.29) is 5.82 Å². The molecule has 0 radical (unpaired) electrons. The van der Waals surface area contributed by atoms with E-state index in [2.05, 4.69) is 41.2 Å². The number of aromatic nitrogens is 2. The third-order valence-electron chi connectivity index (χ3n) is 1.58. The van der Waals surface area contributed by atoms with E-state index >= 15 is 0 Å². The molecule has 0 N–H and O–H groups in total. The van der Waals surface area contributed by atoms with E-state index in [1.165, 1.54) is 17.6 Å². The molecule has 0 spiro atoms. The third-order valence-corrected chi connectivity index (χ3v) is 3.30. The van der Waals surface area contributed by atoms with Crippen molar-refractivity contribution in [3.63, 3.8) is 0 Å². The van der Waals surface area contributed by atoms with Crippen molar-refractivity contribution in [2.24, 2.45) is 0 Å². The second-order valence-corrected chi connectivity index (χ2v) is 5.38. The standard InChI is InChI=1S/C8H3Br2FN2S/c9-5-3-4(1-2-6(5)11)7-12-8(10)14-13-7/h1-3H. The molecule has 72 valence electrons. The first-order valence-corrected chi connectivity index (χ1v) is 5.97. The van der Waals surface area contributed by atoms with E-state index in [0.29, 0.717) is 14.2 Å². The van der Waals surface area contributed by atoms with Crippen LogP contribution in [0.2, 0.25) is 0 Å². The lowest BCUT2D eigenvalue weighted by Crippen LogP contribution is -1.82. The summed E-state index contributed by atoms with van der Waals surface area (Å²) in [6, 6.07) is 4.69. The van der Waals surface area contributed by atoms with Gasteiger partial charge in [-0.2, -0.15) is 4.37 Å². The molecule has 0 aliphatic rings. The fraction of sp³-hybridized carbons (Fsp3) is 0. The molecule has 2 aromatic rings. The molecular formula is C8H3Br2FN2S. The number of hydrogen-bond donors (Lipinski definition) is 0. The maximum absolute atomic E-state index is 12.9. The molecule has 2 nitrogen and oxygen atoms in total. The average molecular weight is 338 g/mol. The van der Waals surface area contributed by atoms with Gasteiger partial charge in [0.05, 0.1) is 4.47 Å². The van der Waals surface area contributed by atoms with E-state index in [9.17, 15) is 4.39 Å². The maximum atomic E-state index is 12.9. The number of benzene rings is 1. The van der Waals surface area contributed by atoms with Crippen LogP contribution >= 0.6 is 43.4 Å². The fourth-order valence-electron chi connectivity index (χ4n) is 0.957. The number of nitrogens with zero attached hydrogens (tertiary/aromatic N) is 2. The molecule has 0 fully saturated rings. The number of rotatable bonds is 1. The predicted molar refractivity (Wildman–Crippen MR) is 60.7 cm³/mol. The van der Waals surface area contributed by atoms with Crippen LogP contribution in [0.4, 0.5) is 4.39 Å². The zero-order valence-corrected chi connectivity index (χ0v) is 10.7. The van der Waals surface area contributed by atoms with Crippen molar-refractivity contribution < 1.29 is 4.39 Å². The minimum absolute atomic E-state index is 0.289. The van der Waals surface area contributed by atoms with E-state index in [4.69, 9.17) is 0 Å². The van der Waals surface area contributed by atoms with Crippen molar-refractivity contribution in [3.05, 3.63) is 32.4 Å². The molecule has 2 rings (SSSR count). The van der Waals surface area contributed by atoms with Gasteiger partial charge in [0.1, 0.15) is 5.82 Å². The lowest BCUT2D eigenvalue weighted by atomic mass is 10.2. The molecule has 0 unspecified atom stereocenters. The minimum atomic E-state index is -0.289. The van der Waals surface area contributed by atoms with Gasteiger partial charge in [0, 0.05) is 5.56 Å². The molecule has 0 aliphatic carbocycles. The summed E-state index contributed by atoms with van der Waals surface area (Å²) in [6.07, 6.45) is 0. The van der Waals surface area contributed by atoms with Gasteiger partial charge >= 0.3 is 0 Å². The summed E-state index contributed by atoms with van der Waals surface area (Å²) >= 11 is 7.59. The first-order valence-electron chi connectivity index (χ1n) is 3.61. The summed E-state index contributed by atoms with van der Waals surface area (Å²) < 4.78 is 18.2. The van der Waals surface area contributed by atoms with E-state index < -0.39 is 0 Å². The molecule has 0 saturated carbocycles.